The summed E-state index contributed by atoms with van der Waals surface area (Å²) in [5.74, 6) is 2.66. The summed E-state index contributed by atoms with van der Waals surface area (Å²) in [4.78, 5) is 2.52. The van der Waals surface area contributed by atoms with Gasteiger partial charge in [0, 0.05) is 24.2 Å². The zero-order valence-electron chi connectivity index (χ0n) is 12.5. The van der Waals surface area contributed by atoms with E-state index in [1.54, 1.807) is 19.2 Å². The van der Waals surface area contributed by atoms with E-state index in [1.807, 2.05) is 6.07 Å². The summed E-state index contributed by atoms with van der Waals surface area (Å²) < 4.78 is 5.28. The molecule has 0 saturated carbocycles. The molecule has 2 N–H and O–H groups in total. The van der Waals surface area contributed by atoms with Crippen LogP contribution in [0.5, 0.6) is 11.5 Å². The maximum Gasteiger partial charge on any atom is 0.120 e. The number of aromatic hydroxyl groups is 1. The van der Waals surface area contributed by atoms with Gasteiger partial charge in [0.1, 0.15) is 11.5 Å². The zero-order chi connectivity index (χ0) is 14.3. The van der Waals surface area contributed by atoms with Gasteiger partial charge < -0.3 is 15.2 Å². The minimum Gasteiger partial charge on any atom is -0.508 e. The molecule has 4 unspecified atom stereocenters. The van der Waals surface area contributed by atoms with Crippen LogP contribution in [0.1, 0.15) is 25.5 Å². The molecule has 0 amide bonds. The van der Waals surface area contributed by atoms with Gasteiger partial charge in [-0.15, -0.1) is 0 Å². The SMILES string of the molecule is COc1ccc(O)c(C(C)N2CC3CNCC3C2C)c1. The molecule has 2 aliphatic heterocycles. The van der Waals surface area contributed by atoms with E-state index in [0.717, 1.165) is 42.8 Å². The third kappa shape index (κ3) is 2.17. The Morgan fingerprint density at radius 3 is 2.90 bits per heavy atom. The summed E-state index contributed by atoms with van der Waals surface area (Å²) in [6.45, 7) is 7.85. The molecule has 3 rings (SSSR count). The Bertz CT molecular complexity index is 491. The molecule has 0 aliphatic carbocycles. The van der Waals surface area contributed by atoms with Crippen molar-refractivity contribution < 1.29 is 9.84 Å². The lowest BCUT2D eigenvalue weighted by Crippen LogP contribution is -2.35. The standard InChI is InChI=1S/C16H24N2O2/c1-10(14-6-13(20-3)4-5-16(14)19)18-9-12-7-17-8-15(12)11(18)2/h4-6,10-12,15,17,19H,7-9H2,1-3H3. The Labute approximate surface area is 120 Å². The predicted octanol–water partition coefficient (Wildman–Crippen LogP) is 2.00. The highest BCUT2D eigenvalue weighted by atomic mass is 16.5. The van der Waals surface area contributed by atoms with Crippen molar-refractivity contribution in [2.75, 3.05) is 26.7 Å². The number of nitrogens with zero attached hydrogens (tertiary/aromatic N) is 1. The second kappa shape index (κ2) is 5.26. The topological polar surface area (TPSA) is 44.7 Å². The van der Waals surface area contributed by atoms with Crippen LogP contribution in [0.25, 0.3) is 0 Å². The first kappa shape index (κ1) is 13.7. The molecule has 0 spiro atoms. The van der Waals surface area contributed by atoms with Gasteiger partial charge in [-0.3, -0.25) is 4.90 Å². The van der Waals surface area contributed by atoms with E-state index >= 15 is 0 Å². The highest BCUT2D eigenvalue weighted by Crippen LogP contribution is 2.40. The number of methoxy groups -OCH3 is 1. The molecule has 4 heteroatoms. The lowest BCUT2D eigenvalue weighted by molar-refractivity contribution is 0.179. The number of phenolic OH excluding ortho intramolecular Hbond substituents is 1. The van der Waals surface area contributed by atoms with Crippen LogP contribution in [0.4, 0.5) is 0 Å². The third-order valence-corrected chi connectivity index (χ3v) is 5.16. The number of likely N-dealkylation sites (tertiary alicyclic amines) is 1. The van der Waals surface area contributed by atoms with Crippen molar-refractivity contribution in [1.82, 2.24) is 10.2 Å². The second-order valence-electron chi connectivity index (χ2n) is 6.12. The quantitative estimate of drug-likeness (QED) is 0.886. The number of nitrogens with one attached hydrogen (secondary N) is 1. The van der Waals surface area contributed by atoms with E-state index in [1.165, 1.54) is 0 Å². The van der Waals surface area contributed by atoms with Crippen molar-refractivity contribution in [3.05, 3.63) is 23.8 Å². The van der Waals surface area contributed by atoms with Crippen LogP contribution in [0.3, 0.4) is 0 Å². The van der Waals surface area contributed by atoms with Gasteiger partial charge in [0.25, 0.3) is 0 Å². The van der Waals surface area contributed by atoms with Gasteiger partial charge in [0.05, 0.1) is 7.11 Å². The maximum atomic E-state index is 10.2. The fourth-order valence-electron chi connectivity index (χ4n) is 3.88. The summed E-state index contributed by atoms with van der Waals surface area (Å²) >= 11 is 0. The fourth-order valence-corrected chi connectivity index (χ4v) is 3.88. The van der Waals surface area contributed by atoms with Crippen molar-refractivity contribution in [1.29, 1.82) is 0 Å². The molecule has 2 fully saturated rings. The van der Waals surface area contributed by atoms with Crippen LogP contribution in [-0.2, 0) is 0 Å². The highest BCUT2D eigenvalue weighted by Gasteiger charge is 2.43. The molecule has 0 bridgehead atoms. The molecule has 4 atom stereocenters. The smallest absolute Gasteiger partial charge is 0.120 e. The van der Waals surface area contributed by atoms with Crippen LogP contribution in [0.15, 0.2) is 18.2 Å². The number of ether oxygens (including phenoxy) is 1. The Balaban J connectivity index is 1.84. The molecular weight excluding hydrogens is 252 g/mol. The van der Waals surface area contributed by atoms with Crippen LogP contribution >= 0.6 is 0 Å². The van der Waals surface area contributed by atoms with Crippen molar-refractivity contribution in [2.45, 2.75) is 25.9 Å². The maximum absolute atomic E-state index is 10.2. The molecule has 0 aromatic heterocycles. The van der Waals surface area contributed by atoms with Gasteiger partial charge in [0.15, 0.2) is 0 Å². The fraction of sp³-hybridized carbons (Fsp3) is 0.625. The van der Waals surface area contributed by atoms with Crippen molar-refractivity contribution >= 4 is 0 Å². The van der Waals surface area contributed by atoms with Crippen molar-refractivity contribution in [3.63, 3.8) is 0 Å². The van der Waals surface area contributed by atoms with Gasteiger partial charge in [-0.1, -0.05) is 0 Å². The third-order valence-electron chi connectivity index (χ3n) is 5.16. The average molecular weight is 276 g/mol. The summed E-state index contributed by atoms with van der Waals surface area (Å²) in [5.41, 5.74) is 0.962. The number of hydrogen-bond acceptors (Lipinski definition) is 4. The summed E-state index contributed by atoms with van der Waals surface area (Å²) in [6, 6.07) is 6.26. The van der Waals surface area contributed by atoms with Crippen LogP contribution in [-0.4, -0.2) is 42.8 Å². The molecule has 110 valence electrons. The molecular formula is C16H24N2O2. The molecule has 1 aromatic carbocycles. The van der Waals surface area contributed by atoms with Crippen LogP contribution in [0.2, 0.25) is 0 Å². The van der Waals surface area contributed by atoms with Crippen LogP contribution in [0, 0.1) is 11.8 Å². The normalized spacial score (nSPS) is 31.2. The van der Waals surface area contributed by atoms with Gasteiger partial charge in [0.2, 0.25) is 0 Å². The van der Waals surface area contributed by atoms with E-state index in [2.05, 4.69) is 24.1 Å². The summed E-state index contributed by atoms with van der Waals surface area (Å²) in [5, 5.41) is 13.6. The van der Waals surface area contributed by atoms with Crippen LogP contribution < -0.4 is 10.1 Å². The number of hydrogen-bond donors (Lipinski definition) is 2. The van der Waals surface area contributed by atoms with Gasteiger partial charge in [-0.05, 0) is 57.0 Å². The summed E-state index contributed by atoms with van der Waals surface area (Å²) in [6.07, 6.45) is 0. The monoisotopic (exact) mass is 276 g/mol. The van der Waals surface area contributed by atoms with E-state index in [4.69, 9.17) is 4.74 Å². The largest absolute Gasteiger partial charge is 0.508 e. The van der Waals surface area contributed by atoms with Crippen molar-refractivity contribution in [3.8, 4) is 11.5 Å². The number of phenols is 1. The van der Waals surface area contributed by atoms with Gasteiger partial charge in [-0.2, -0.15) is 0 Å². The van der Waals surface area contributed by atoms with E-state index in [9.17, 15) is 5.11 Å². The van der Waals surface area contributed by atoms with Gasteiger partial charge in [-0.25, -0.2) is 0 Å². The summed E-state index contributed by atoms with van der Waals surface area (Å²) in [7, 11) is 1.66. The number of rotatable bonds is 3. The number of benzene rings is 1. The van der Waals surface area contributed by atoms with E-state index in [-0.39, 0.29) is 6.04 Å². The first-order valence-corrected chi connectivity index (χ1v) is 7.45. The van der Waals surface area contributed by atoms with E-state index in [0.29, 0.717) is 11.8 Å². The Kier molecular flexibility index (Phi) is 3.61. The lowest BCUT2D eigenvalue weighted by Gasteiger charge is -2.31. The molecule has 2 heterocycles. The van der Waals surface area contributed by atoms with E-state index < -0.39 is 0 Å². The Hall–Kier alpha value is -1.26. The minimum absolute atomic E-state index is 0.214. The molecule has 0 radical (unpaired) electrons. The first-order valence-electron chi connectivity index (χ1n) is 7.45. The minimum atomic E-state index is 0.214. The van der Waals surface area contributed by atoms with Gasteiger partial charge >= 0.3 is 0 Å². The Morgan fingerprint density at radius 1 is 1.40 bits per heavy atom. The molecule has 20 heavy (non-hydrogen) atoms. The molecule has 2 saturated heterocycles. The number of fused-ring (bicyclic) bond motifs is 1. The van der Waals surface area contributed by atoms with Crippen molar-refractivity contribution in [2.24, 2.45) is 11.8 Å². The highest BCUT2D eigenvalue weighted by molar-refractivity contribution is 5.41. The molecule has 2 aliphatic rings. The Morgan fingerprint density at radius 2 is 2.20 bits per heavy atom. The first-order chi connectivity index (χ1) is 9.61. The predicted molar refractivity (Wildman–Crippen MR) is 79.1 cm³/mol. The average Bonchev–Trinajstić information content (AvgIpc) is 3.02. The zero-order valence-corrected chi connectivity index (χ0v) is 12.5. The molecule has 1 aromatic rings. The molecule has 4 nitrogen and oxygen atoms in total. The second-order valence-corrected chi connectivity index (χ2v) is 6.12. The lowest BCUT2D eigenvalue weighted by atomic mass is 9.95.